The normalized spacial score (nSPS) is 12.2. The summed E-state index contributed by atoms with van der Waals surface area (Å²) in [7, 11) is 0. The molecule has 0 aromatic carbocycles. The first-order valence-corrected chi connectivity index (χ1v) is 9.87. The van der Waals surface area contributed by atoms with Crippen molar-refractivity contribution in [1.82, 2.24) is 9.55 Å². The molecule has 0 unspecified atom stereocenters. The number of hydrogen-bond acceptors (Lipinski definition) is 4. The summed E-state index contributed by atoms with van der Waals surface area (Å²) in [6.45, 7) is 12.6. The molecule has 2 heterocycles. The summed E-state index contributed by atoms with van der Waals surface area (Å²) in [4.78, 5) is 17.1. The molecule has 0 bridgehead atoms. The fraction of sp³-hybridized carbons (Fsp3) is 0.200. The quantitative estimate of drug-likeness (QED) is 0.381. The van der Waals surface area contributed by atoms with Gasteiger partial charge in [0.05, 0.1) is 17.6 Å². The molecule has 1 N–H and O–H groups in total. The van der Waals surface area contributed by atoms with E-state index in [0.29, 0.717) is 11.4 Å². The van der Waals surface area contributed by atoms with Crippen molar-refractivity contribution in [2.45, 2.75) is 26.9 Å². The van der Waals surface area contributed by atoms with E-state index >= 15 is 0 Å². The van der Waals surface area contributed by atoms with Gasteiger partial charge in [-0.3, -0.25) is 9.36 Å². The molecule has 0 amide bonds. The Labute approximate surface area is 191 Å². The molecule has 33 heavy (non-hydrogen) atoms. The van der Waals surface area contributed by atoms with Gasteiger partial charge in [0, 0.05) is 23.5 Å². The van der Waals surface area contributed by atoms with Crippen LogP contribution in [0.3, 0.4) is 0 Å². The molecule has 0 aliphatic rings. The summed E-state index contributed by atoms with van der Waals surface area (Å²) in [6.07, 6.45) is 13.0. The van der Waals surface area contributed by atoms with Gasteiger partial charge in [0.1, 0.15) is 5.82 Å². The molecular weight excluding hydrogens is 431 g/mol. The molecule has 174 valence electrons. The molecule has 0 fully saturated rings. The van der Waals surface area contributed by atoms with Gasteiger partial charge in [-0.15, -0.1) is 12.8 Å². The number of anilines is 1. The number of alkyl halides is 3. The van der Waals surface area contributed by atoms with Crippen LogP contribution >= 0.6 is 0 Å². The van der Waals surface area contributed by atoms with E-state index in [-0.39, 0.29) is 24.0 Å². The zero-order valence-electron chi connectivity index (χ0n) is 18.7. The standard InChI is InChI=1S/C23H24F3N3O2.C2H2/c1-6-11-15(8-3)27-19-14-18(30)21-17(23(24,25)26)13-20(31-10-5)28-22(21)29(19)16(9-4)12-7-2;1-2/h6-9,11-14,27H,1,3,10H2,2,4-5H3;1-2H/b12-7-,15-11+,16-9+;. The first kappa shape index (κ1) is 27.0. The number of terminal acetylenes is 1. The van der Waals surface area contributed by atoms with Gasteiger partial charge in [0.2, 0.25) is 5.88 Å². The Morgan fingerprint density at radius 1 is 1.27 bits per heavy atom. The third kappa shape index (κ3) is 6.26. The summed E-state index contributed by atoms with van der Waals surface area (Å²) < 4.78 is 48.2. The second kappa shape index (κ2) is 12.2. The number of nitrogens with zero attached hydrogens (tertiary/aromatic N) is 2. The number of hydrogen-bond donors (Lipinski definition) is 1. The van der Waals surface area contributed by atoms with Gasteiger partial charge >= 0.3 is 6.18 Å². The molecule has 2 rings (SSSR count). The highest BCUT2D eigenvalue weighted by molar-refractivity contribution is 5.87. The summed E-state index contributed by atoms with van der Waals surface area (Å²) in [5.74, 6) is -0.0138. The number of halogens is 3. The van der Waals surface area contributed by atoms with E-state index in [1.165, 1.54) is 16.7 Å². The lowest BCUT2D eigenvalue weighted by molar-refractivity contribution is -0.136. The summed E-state index contributed by atoms with van der Waals surface area (Å²) >= 11 is 0. The van der Waals surface area contributed by atoms with Crippen LogP contribution in [0.1, 0.15) is 26.3 Å². The topological polar surface area (TPSA) is 56.1 Å². The van der Waals surface area contributed by atoms with E-state index in [0.717, 1.165) is 12.1 Å². The molecule has 2 aromatic heterocycles. The lowest BCUT2D eigenvalue weighted by Crippen LogP contribution is -2.19. The van der Waals surface area contributed by atoms with Crippen molar-refractivity contribution in [2.75, 3.05) is 11.9 Å². The van der Waals surface area contributed by atoms with Crippen LogP contribution in [0.4, 0.5) is 19.0 Å². The Hall–Kier alpha value is -3.99. The molecule has 0 atom stereocenters. The Balaban J connectivity index is 0.00000265. The predicted octanol–water partition coefficient (Wildman–Crippen LogP) is 6.17. The third-order valence-corrected chi connectivity index (χ3v) is 4.22. The smallest absolute Gasteiger partial charge is 0.417 e. The first-order valence-electron chi connectivity index (χ1n) is 9.87. The third-order valence-electron chi connectivity index (χ3n) is 4.22. The number of aromatic nitrogens is 2. The van der Waals surface area contributed by atoms with Crippen molar-refractivity contribution in [3.05, 3.63) is 83.2 Å². The van der Waals surface area contributed by atoms with Gasteiger partial charge in [0.15, 0.2) is 11.1 Å². The molecule has 0 spiro atoms. The van der Waals surface area contributed by atoms with Crippen molar-refractivity contribution < 1.29 is 17.9 Å². The van der Waals surface area contributed by atoms with Crippen LogP contribution < -0.4 is 15.5 Å². The van der Waals surface area contributed by atoms with Gasteiger partial charge in [-0.2, -0.15) is 18.2 Å². The average Bonchev–Trinajstić information content (AvgIpc) is 2.78. The van der Waals surface area contributed by atoms with E-state index in [9.17, 15) is 18.0 Å². The molecule has 0 aliphatic heterocycles. The van der Waals surface area contributed by atoms with Crippen molar-refractivity contribution in [3.63, 3.8) is 0 Å². The van der Waals surface area contributed by atoms with E-state index < -0.39 is 22.6 Å². The lowest BCUT2D eigenvalue weighted by atomic mass is 10.1. The Morgan fingerprint density at radius 2 is 1.94 bits per heavy atom. The van der Waals surface area contributed by atoms with E-state index in [1.54, 1.807) is 45.1 Å². The van der Waals surface area contributed by atoms with Gasteiger partial charge in [0.25, 0.3) is 0 Å². The number of allylic oxidation sites excluding steroid dienone is 7. The number of fused-ring (bicyclic) bond motifs is 1. The predicted molar refractivity (Wildman–Crippen MR) is 129 cm³/mol. The van der Waals surface area contributed by atoms with E-state index in [1.807, 2.05) is 0 Å². The Kier molecular flexibility index (Phi) is 9.96. The maximum Gasteiger partial charge on any atom is 0.417 e. The molecule has 0 radical (unpaired) electrons. The molecular formula is C25H26F3N3O2. The summed E-state index contributed by atoms with van der Waals surface area (Å²) in [6, 6.07) is 1.86. The minimum atomic E-state index is -4.77. The van der Waals surface area contributed by atoms with Crippen molar-refractivity contribution >= 4 is 22.5 Å². The number of ether oxygens (including phenoxy) is 1. The van der Waals surface area contributed by atoms with Gasteiger partial charge in [-0.1, -0.05) is 31.4 Å². The maximum atomic E-state index is 13.8. The zero-order chi connectivity index (χ0) is 25.2. The van der Waals surface area contributed by atoms with Crippen LogP contribution in [0, 0.1) is 12.8 Å². The fourth-order valence-electron chi connectivity index (χ4n) is 2.99. The minimum Gasteiger partial charge on any atom is -0.478 e. The number of nitrogens with one attached hydrogen (secondary N) is 1. The average molecular weight is 457 g/mol. The summed E-state index contributed by atoms with van der Waals surface area (Å²) in [5, 5.41) is 2.47. The Bertz CT molecular complexity index is 1180. The van der Waals surface area contributed by atoms with E-state index in [4.69, 9.17) is 4.74 Å². The highest BCUT2D eigenvalue weighted by atomic mass is 19.4. The van der Waals surface area contributed by atoms with Gasteiger partial charge in [-0.05, 0) is 39.0 Å². The molecule has 2 aromatic rings. The van der Waals surface area contributed by atoms with Crippen LogP contribution in [0.15, 0.2) is 72.2 Å². The highest BCUT2D eigenvalue weighted by Crippen LogP contribution is 2.36. The SMILES string of the molecule is C#C.C=C/C=C(\C=C)Nc1cc(=O)c2c(C(F)(F)F)cc(OCC)nc2n1C(/C=C\C)=C/C. The van der Waals surface area contributed by atoms with Crippen molar-refractivity contribution in [1.29, 1.82) is 0 Å². The zero-order valence-corrected chi connectivity index (χ0v) is 18.7. The molecule has 0 saturated heterocycles. The van der Waals surface area contributed by atoms with E-state index in [2.05, 4.69) is 36.3 Å². The number of rotatable bonds is 8. The van der Waals surface area contributed by atoms with Crippen LogP contribution in [-0.2, 0) is 6.18 Å². The van der Waals surface area contributed by atoms with Crippen molar-refractivity contribution in [2.24, 2.45) is 0 Å². The monoisotopic (exact) mass is 457 g/mol. The van der Waals surface area contributed by atoms with Crippen LogP contribution in [0.5, 0.6) is 5.88 Å². The van der Waals surface area contributed by atoms with Crippen LogP contribution in [-0.4, -0.2) is 16.2 Å². The largest absolute Gasteiger partial charge is 0.478 e. The van der Waals surface area contributed by atoms with Crippen LogP contribution in [0.25, 0.3) is 16.7 Å². The fourth-order valence-corrected chi connectivity index (χ4v) is 2.99. The first-order chi connectivity index (χ1) is 15.7. The van der Waals surface area contributed by atoms with Gasteiger partial charge in [-0.25, -0.2) is 0 Å². The molecule has 8 heteroatoms. The number of pyridine rings is 2. The maximum absolute atomic E-state index is 13.8. The lowest BCUT2D eigenvalue weighted by Gasteiger charge is -2.21. The Morgan fingerprint density at radius 3 is 2.42 bits per heavy atom. The molecule has 0 aliphatic carbocycles. The van der Waals surface area contributed by atoms with Gasteiger partial charge < -0.3 is 10.1 Å². The second-order valence-electron chi connectivity index (χ2n) is 6.27. The highest BCUT2D eigenvalue weighted by Gasteiger charge is 2.36. The molecule has 5 nitrogen and oxygen atoms in total. The minimum absolute atomic E-state index is 0.117. The summed E-state index contributed by atoms with van der Waals surface area (Å²) in [5.41, 5.74) is -1.11. The van der Waals surface area contributed by atoms with Crippen LogP contribution in [0.2, 0.25) is 0 Å². The second-order valence-corrected chi connectivity index (χ2v) is 6.27. The van der Waals surface area contributed by atoms with Crippen molar-refractivity contribution in [3.8, 4) is 18.7 Å². The molecule has 0 saturated carbocycles.